The Labute approximate surface area is 174 Å². The van der Waals surface area contributed by atoms with Gasteiger partial charge >= 0.3 is 6.03 Å². The first kappa shape index (κ1) is 19.7. The maximum Gasteiger partial charge on any atom is 0.323 e. The molecule has 0 saturated carbocycles. The lowest BCUT2D eigenvalue weighted by atomic mass is 9.99. The Balaban J connectivity index is 1.78. The number of urea groups is 1. The first-order valence-electron chi connectivity index (χ1n) is 8.78. The fourth-order valence-corrected chi connectivity index (χ4v) is 3.25. The molecule has 150 valence electrons. The minimum Gasteiger partial charge on any atom is -0.306 e. The van der Waals surface area contributed by atoms with Crippen LogP contribution in [0.25, 0.3) is 22.0 Å². The molecule has 4 aromatic rings. The van der Waals surface area contributed by atoms with Gasteiger partial charge in [0.15, 0.2) is 0 Å². The second-order valence-electron chi connectivity index (χ2n) is 6.39. The molecule has 0 fully saturated rings. The third-order valence-corrected chi connectivity index (χ3v) is 4.64. The number of pyridine rings is 1. The van der Waals surface area contributed by atoms with Crippen molar-refractivity contribution in [2.75, 3.05) is 10.6 Å². The Kier molecular flexibility index (Phi) is 5.29. The van der Waals surface area contributed by atoms with E-state index in [4.69, 9.17) is 11.6 Å². The molecule has 1 aromatic heterocycles. The van der Waals surface area contributed by atoms with Crippen LogP contribution in [0.4, 0.5) is 29.3 Å². The Morgan fingerprint density at radius 3 is 2.40 bits per heavy atom. The van der Waals surface area contributed by atoms with Crippen molar-refractivity contribution >= 4 is 39.9 Å². The van der Waals surface area contributed by atoms with Crippen LogP contribution in [0.5, 0.6) is 0 Å². The summed E-state index contributed by atoms with van der Waals surface area (Å²) in [4.78, 5) is 16.7. The van der Waals surface area contributed by atoms with Gasteiger partial charge < -0.3 is 10.6 Å². The summed E-state index contributed by atoms with van der Waals surface area (Å²) in [7, 11) is 0. The van der Waals surface area contributed by atoms with Gasteiger partial charge in [0.1, 0.15) is 17.5 Å². The number of benzene rings is 3. The summed E-state index contributed by atoms with van der Waals surface area (Å²) in [5.41, 5.74) is 1.13. The molecule has 0 aliphatic rings. The highest BCUT2D eigenvalue weighted by Gasteiger charge is 2.17. The van der Waals surface area contributed by atoms with Crippen LogP contribution < -0.4 is 10.6 Å². The molecule has 0 aliphatic heterocycles. The van der Waals surface area contributed by atoms with Crippen molar-refractivity contribution < 1.29 is 18.0 Å². The van der Waals surface area contributed by atoms with E-state index in [9.17, 15) is 18.0 Å². The molecule has 0 unspecified atom stereocenters. The predicted molar refractivity (Wildman–Crippen MR) is 111 cm³/mol. The molecule has 0 spiro atoms. The lowest BCUT2D eigenvalue weighted by molar-refractivity contribution is 0.262. The molecule has 0 radical (unpaired) electrons. The van der Waals surface area contributed by atoms with E-state index < -0.39 is 23.5 Å². The zero-order valence-corrected chi connectivity index (χ0v) is 16.0. The molecule has 0 bridgehead atoms. The number of rotatable bonds is 3. The van der Waals surface area contributed by atoms with Gasteiger partial charge in [0.25, 0.3) is 0 Å². The molecule has 0 atom stereocenters. The summed E-state index contributed by atoms with van der Waals surface area (Å²) in [6.45, 7) is 0. The number of carbonyl (C=O) groups is 1. The summed E-state index contributed by atoms with van der Waals surface area (Å²) in [6.07, 6.45) is 1.37. The van der Waals surface area contributed by atoms with Gasteiger partial charge in [0.2, 0.25) is 0 Å². The van der Waals surface area contributed by atoms with E-state index in [-0.39, 0.29) is 16.9 Å². The number of nitrogens with one attached hydrogen (secondary N) is 2. The molecular formula is C22H13ClF3N3O. The van der Waals surface area contributed by atoms with E-state index in [1.54, 1.807) is 36.4 Å². The van der Waals surface area contributed by atoms with Crippen LogP contribution >= 0.6 is 11.6 Å². The van der Waals surface area contributed by atoms with Gasteiger partial charge in [-0.3, -0.25) is 4.98 Å². The first-order valence-corrected chi connectivity index (χ1v) is 9.16. The summed E-state index contributed by atoms with van der Waals surface area (Å²) in [5.74, 6) is -2.20. The smallest absolute Gasteiger partial charge is 0.306 e. The molecule has 8 heteroatoms. The number of nitrogens with zero attached hydrogens (tertiary/aromatic N) is 1. The monoisotopic (exact) mass is 427 g/mol. The van der Waals surface area contributed by atoms with Crippen molar-refractivity contribution in [3.8, 4) is 11.1 Å². The largest absolute Gasteiger partial charge is 0.323 e. The number of fused-ring (bicyclic) bond motifs is 1. The second kappa shape index (κ2) is 8.04. The maximum absolute atomic E-state index is 14.6. The number of hydrogen-bond acceptors (Lipinski definition) is 2. The van der Waals surface area contributed by atoms with Crippen LogP contribution in [-0.2, 0) is 0 Å². The number of hydrogen-bond donors (Lipinski definition) is 2. The van der Waals surface area contributed by atoms with Crippen molar-refractivity contribution in [2.45, 2.75) is 0 Å². The standard InChI is InChI=1S/C22H13ClF3N3O/c23-12-5-7-18-15(9-12)21(14-3-1-2-4-16(14)25)20(11-27-18)29-22(30)28-19-8-6-13(24)10-17(19)26/h1-11H,(H2,28,29,30). The minimum atomic E-state index is -0.928. The number of halogens is 4. The normalized spacial score (nSPS) is 10.8. The predicted octanol–water partition coefficient (Wildman–Crippen LogP) is 6.62. The van der Waals surface area contributed by atoms with Gasteiger partial charge in [-0.05, 0) is 36.4 Å². The van der Waals surface area contributed by atoms with Crippen LogP contribution in [-0.4, -0.2) is 11.0 Å². The van der Waals surface area contributed by atoms with E-state index >= 15 is 0 Å². The number of anilines is 2. The van der Waals surface area contributed by atoms with Crippen LogP contribution in [0.1, 0.15) is 0 Å². The van der Waals surface area contributed by atoms with Crippen LogP contribution in [0.3, 0.4) is 0 Å². The van der Waals surface area contributed by atoms with Gasteiger partial charge in [0.05, 0.1) is 23.1 Å². The average Bonchev–Trinajstić information content (AvgIpc) is 2.71. The number of amides is 2. The van der Waals surface area contributed by atoms with Gasteiger partial charge in [-0.2, -0.15) is 0 Å². The number of carbonyl (C=O) groups excluding carboxylic acids is 1. The van der Waals surface area contributed by atoms with Crippen molar-refractivity contribution in [1.82, 2.24) is 4.98 Å². The summed E-state index contributed by atoms with van der Waals surface area (Å²) in [5, 5.41) is 5.79. The fraction of sp³-hybridized carbons (Fsp3) is 0. The Hall–Kier alpha value is -3.58. The molecule has 0 saturated heterocycles. The highest BCUT2D eigenvalue weighted by atomic mass is 35.5. The van der Waals surface area contributed by atoms with E-state index in [1.807, 2.05) is 0 Å². The summed E-state index contributed by atoms with van der Waals surface area (Å²) in [6, 6.07) is 13.0. The molecule has 1 heterocycles. The fourth-order valence-electron chi connectivity index (χ4n) is 3.08. The number of aromatic nitrogens is 1. The van der Waals surface area contributed by atoms with Crippen molar-refractivity contribution in [2.24, 2.45) is 0 Å². The average molecular weight is 428 g/mol. The topological polar surface area (TPSA) is 54.0 Å². The van der Waals surface area contributed by atoms with Crippen molar-refractivity contribution in [3.63, 3.8) is 0 Å². The molecule has 2 N–H and O–H groups in total. The molecular weight excluding hydrogens is 415 g/mol. The van der Waals surface area contributed by atoms with Gasteiger partial charge in [-0.15, -0.1) is 0 Å². The lowest BCUT2D eigenvalue weighted by Crippen LogP contribution is -2.21. The molecule has 4 rings (SSSR count). The van der Waals surface area contributed by atoms with Crippen LogP contribution in [0, 0.1) is 17.5 Å². The quantitative estimate of drug-likeness (QED) is 0.386. The molecule has 30 heavy (non-hydrogen) atoms. The molecule has 0 aliphatic carbocycles. The minimum absolute atomic E-state index is 0.190. The van der Waals surface area contributed by atoms with Gasteiger partial charge in [-0.1, -0.05) is 29.8 Å². The zero-order chi connectivity index (χ0) is 21.3. The third kappa shape index (κ3) is 3.92. The van der Waals surface area contributed by atoms with Crippen molar-refractivity contribution in [3.05, 3.63) is 89.3 Å². The van der Waals surface area contributed by atoms with Crippen LogP contribution in [0.15, 0.2) is 66.9 Å². The Morgan fingerprint density at radius 2 is 1.63 bits per heavy atom. The summed E-state index contributed by atoms with van der Waals surface area (Å²) < 4.78 is 41.5. The third-order valence-electron chi connectivity index (χ3n) is 4.40. The van der Waals surface area contributed by atoms with Gasteiger partial charge in [-0.25, -0.2) is 18.0 Å². The van der Waals surface area contributed by atoms with Crippen molar-refractivity contribution in [1.29, 1.82) is 0 Å². The van der Waals surface area contributed by atoms with Gasteiger partial charge in [0, 0.05) is 27.6 Å². The highest BCUT2D eigenvalue weighted by Crippen LogP contribution is 2.37. The lowest BCUT2D eigenvalue weighted by Gasteiger charge is -2.15. The Bertz CT molecular complexity index is 1280. The highest BCUT2D eigenvalue weighted by molar-refractivity contribution is 6.31. The zero-order valence-electron chi connectivity index (χ0n) is 15.2. The molecule has 3 aromatic carbocycles. The van der Waals surface area contributed by atoms with E-state index in [0.717, 1.165) is 12.1 Å². The van der Waals surface area contributed by atoms with E-state index in [0.29, 0.717) is 27.6 Å². The van der Waals surface area contributed by atoms with Crippen LogP contribution in [0.2, 0.25) is 5.02 Å². The summed E-state index contributed by atoms with van der Waals surface area (Å²) >= 11 is 6.12. The second-order valence-corrected chi connectivity index (χ2v) is 6.83. The first-order chi connectivity index (χ1) is 14.4. The maximum atomic E-state index is 14.6. The Morgan fingerprint density at radius 1 is 0.867 bits per heavy atom. The van der Waals surface area contributed by atoms with E-state index in [1.165, 1.54) is 12.3 Å². The SMILES string of the molecule is O=C(Nc1ccc(F)cc1F)Nc1cnc2ccc(Cl)cc2c1-c1ccccc1F. The van der Waals surface area contributed by atoms with E-state index in [2.05, 4.69) is 15.6 Å². The molecule has 4 nitrogen and oxygen atoms in total. The molecule has 2 amide bonds.